The Kier molecular flexibility index (Phi) is 4.27. The molecule has 0 unspecified atom stereocenters. The summed E-state index contributed by atoms with van der Waals surface area (Å²) in [5.41, 5.74) is 8.55. The number of aromatic nitrogens is 1. The van der Waals surface area contributed by atoms with Crippen LogP contribution >= 0.6 is 0 Å². The summed E-state index contributed by atoms with van der Waals surface area (Å²) in [5, 5.41) is 0.915. The molecule has 6 nitrogen and oxygen atoms in total. The third-order valence-corrected chi connectivity index (χ3v) is 4.12. The summed E-state index contributed by atoms with van der Waals surface area (Å²) in [6.45, 7) is 1.88. The van der Waals surface area contributed by atoms with Crippen LogP contribution in [0.1, 0.15) is 16.1 Å². The summed E-state index contributed by atoms with van der Waals surface area (Å²) in [6, 6.07) is 10.7. The molecule has 130 valence electrons. The Labute approximate surface area is 145 Å². The van der Waals surface area contributed by atoms with Crippen LogP contribution in [0, 0.1) is 6.92 Å². The SMILES string of the molecule is COc1cc(C(=O)n2c(C)cc3cc(N)ccc32)cc(OC)c1OC. The van der Waals surface area contributed by atoms with Crippen molar-refractivity contribution in [1.82, 2.24) is 4.57 Å². The number of nitrogens with zero attached hydrogens (tertiary/aromatic N) is 1. The maximum Gasteiger partial charge on any atom is 0.262 e. The largest absolute Gasteiger partial charge is 0.493 e. The normalized spacial score (nSPS) is 10.7. The molecule has 25 heavy (non-hydrogen) atoms. The Hall–Kier alpha value is -3.15. The molecular weight excluding hydrogens is 320 g/mol. The lowest BCUT2D eigenvalue weighted by atomic mass is 10.1. The van der Waals surface area contributed by atoms with E-state index in [-0.39, 0.29) is 5.91 Å². The van der Waals surface area contributed by atoms with Gasteiger partial charge in [-0.15, -0.1) is 0 Å². The number of hydrogen-bond acceptors (Lipinski definition) is 5. The van der Waals surface area contributed by atoms with E-state index >= 15 is 0 Å². The Morgan fingerprint density at radius 1 is 0.960 bits per heavy atom. The molecule has 0 amide bonds. The molecule has 0 saturated carbocycles. The van der Waals surface area contributed by atoms with E-state index < -0.39 is 0 Å². The zero-order valence-corrected chi connectivity index (χ0v) is 14.6. The van der Waals surface area contributed by atoms with Crippen LogP contribution in [0.25, 0.3) is 10.9 Å². The van der Waals surface area contributed by atoms with Crippen molar-refractivity contribution in [2.75, 3.05) is 27.1 Å². The Morgan fingerprint density at radius 2 is 1.60 bits per heavy atom. The van der Waals surface area contributed by atoms with E-state index in [9.17, 15) is 4.79 Å². The average molecular weight is 340 g/mol. The average Bonchev–Trinajstić information content (AvgIpc) is 2.94. The molecule has 1 heterocycles. The Bertz CT molecular complexity index is 934. The minimum atomic E-state index is -0.184. The minimum Gasteiger partial charge on any atom is -0.493 e. The summed E-state index contributed by atoms with van der Waals surface area (Å²) in [7, 11) is 4.56. The van der Waals surface area contributed by atoms with E-state index in [1.54, 1.807) is 22.8 Å². The van der Waals surface area contributed by atoms with Gasteiger partial charge in [0.1, 0.15) is 0 Å². The first-order chi connectivity index (χ1) is 12.0. The van der Waals surface area contributed by atoms with Gasteiger partial charge in [-0.2, -0.15) is 0 Å². The van der Waals surface area contributed by atoms with Crippen molar-refractivity contribution < 1.29 is 19.0 Å². The number of carbonyl (C=O) groups excluding carboxylic acids is 1. The van der Waals surface area contributed by atoms with Gasteiger partial charge in [0, 0.05) is 22.3 Å². The van der Waals surface area contributed by atoms with Crippen LogP contribution in [0.15, 0.2) is 36.4 Å². The lowest BCUT2D eigenvalue weighted by Crippen LogP contribution is -2.14. The molecule has 3 rings (SSSR count). The smallest absolute Gasteiger partial charge is 0.262 e. The highest BCUT2D eigenvalue weighted by Crippen LogP contribution is 2.38. The van der Waals surface area contributed by atoms with Gasteiger partial charge in [0.2, 0.25) is 5.75 Å². The lowest BCUT2D eigenvalue weighted by molar-refractivity contribution is 0.0962. The molecule has 3 aromatic rings. The van der Waals surface area contributed by atoms with Crippen molar-refractivity contribution in [2.24, 2.45) is 0 Å². The molecule has 2 N–H and O–H groups in total. The van der Waals surface area contributed by atoms with Crippen LogP contribution < -0.4 is 19.9 Å². The van der Waals surface area contributed by atoms with Gasteiger partial charge in [-0.1, -0.05) is 0 Å². The van der Waals surface area contributed by atoms with Crippen LogP contribution in [0.2, 0.25) is 0 Å². The first-order valence-electron chi connectivity index (χ1n) is 7.72. The minimum absolute atomic E-state index is 0.184. The quantitative estimate of drug-likeness (QED) is 0.738. The number of nitrogens with two attached hydrogens (primary N) is 1. The van der Waals surface area contributed by atoms with Gasteiger partial charge in [0.25, 0.3) is 5.91 Å². The molecule has 0 saturated heterocycles. The Balaban J connectivity index is 2.18. The molecule has 0 aliphatic heterocycles. The number of hydrogen-bond donors (Lipinski definition) is 1. The van der Waals surface area contributed by atoms with Gasteiger partial charge in [0.15, 0.2) is 11.5 Å². The molecule has 0 spiro atoms. The standard InChI is InChI=1S/C19H20N2O4/c1-11-7-12-8-14(20)5-6-15(12)21(11)19(22)13-9-16(23-2)18(25-4)17(10-13)24-3/h5-10H,20H2,1-4H3. The second kappa shape index (κ2) is 6.39. The molecule has 0 aliphatic carbocycles. The first-order valence-corrected chi connectivity index (χ1v) is 7.72. The number of nitrogen functional groups attached to an aromatic ring is 1. The van der Waals surface area contributed by atoms with Gasteiger partial charge in [-0.3, -0.25) is 9.36 Å². The maximum absolute atomic E-state index is 13.1. The zero-order chi connectivity index (χ0) is 18.1. The summed E-state index contributed by atoms with van der Waals surface area (Å²) in [4.78, 5) is 13.1. The van der Waals surface area contributed by atoms with Gasteiger partial charge < -0.3 is 19.9 Å². The lowest BCUT2D eigenvalue weighted by Gasteiger charge is -2.14. The molecule has 6 heteroatoms. The summed E-state index contributed by atoms with van der Waals surface area (Å²) in [5.74, 6) is 1.13. The molecule has 0 atom stereocenters. The maximum atomic E-state index is 13.1. The van der Waals surface area contributed by atoms with Crippen molar-refractivity contribution in [2.45, 2.75) is 6.92 Å². The predicted molar refractivity (Wildman–Crippen MR) is 96.9 cm³/mol. The van der Waals surface area contributed by atoms with Crippen molar-refractivity contribution >= 4 is 22.5 Å². The Morgan fingerprint density at radius 3 is 2.16 bits per heavy atom. The van der Waals surface area contributed by atoms with E-state index in [4.69, 9.17) is 19.9 Å². The highest BCUT2D eigenvalue weighted by atomic mass is 16.5. The van der Waals surface area contributed by atoms with E-state index in [0.29, 0.717) is 28.5 Å². The molecular formula is C19H20N2O4. The molecule has 1 aromatic heterocycles. The molecule has 2 aromatic carbocycles. The van der Waals surface area contributed by atoms with E-state index in [0.717, 1.165) is 16.6 Å². The third-order valence-electron chi connectivity index (χ3n) is 4.12. The van der Waals surface area contributed by atoms with E-state index in [2.05, 4.69) is 0 Å². The van der Waals surface area contributed by atoms with Crippen molar-refractivity contribution in [1.29, 1.82) is 0 Å². The highest BCUT2D eigenvalue weighted by Gasteiger charge is 2.20. The number of benzene rings is 2. The molecule has 0 fully saturated rings. The zero-order valence-electron chi connectivity index (χ0n) is 14.6. The number of methoxy groups -OCH3 is 3. The van der Waals surface area contributed by atoms with Gasteiger partial charge in [-0.25, -0.2) is 0 Å². The van der Waals surface area contributed by atoms with Crippen molar-refractivity contribution in [3.63, 3.8) is 0 Å². The van der Waals surface area contributed by atoms with Gasteiger partial charge >= 0.3 is 0 Å². The molecule has 0 radical (unpaired) electrons. The fourth-order valence-corrected chi connectivity index (χ4v) is 2.98. The van der Waals surface area contributed by atoms with Crippen molar-refractivity contribution in [3.8, 4) is 17.2 Å². The van der Waals surface area contributed by atoms with Crippen LogP contribution in [0.4, 0.5) is 5.69 Å². The number of carbonyl (C=O) groups is 1. The monoisotopic (exact) mass is 340 g/mol. The summed E-state index contributed by atoms with van der Waals surface area (Å²) >= 11 is 0. The summed E-state index contributed by atoms with van der Waals surface area (Å²) in [6.07, 6.45) is 0. The van der Waals surface area contributed by atoms with E-state index in [1.165, 1.54) is 21.3 Å². The third kappa shape index (κ3) is 2.76. The molecule has 0 aliphatic rings. The molecule has 0 bridgehead atoms. The number of rotatable bonds is 4. The number of aryl methyl sites for hydroxylation is 1. The predicted octanol–water partition coefficient (Wildman–Crippen LogP) is 3.25. The van der Waals surface area contributed by atoms with Gasteiger partial charge in [-0.05, 0) is 43.3 Å². The second-order valence-electron chi connectivity index (χ2n) is 5.66. The number of fused-ring (bicyclic) bond motifs is 1. The summed E-state index contributed by atoms with van der Waals surface area (Å²) < 4.78 is 17.6. The number of anilines is 1. The van der Waals surface area contributed by atoms with Crippen LogP contribution in [0.3, 0.4) is 0 Å². The second-order valence-corrected chi connectivity index (χ2v) is 5.66. The fraction of sp³-hybridized carbons (Fsp3) is 0.211. The van der Waals surface area contributed by atoms with Crippen LogP contribution in [-0.2, 0) is 0 Å². The topological polar surface area (TPSA) is 75.7 Å². The van der Waals surface area contributed by atoms with E-state index in [1.807, 2.05) is 25.1 Å². The van der Waals surface area contributed by atoms with Crippen molar-refractivity contribution in [3.05, 3.63) is 47.7 Å². The van der Waals surface area contributed by atoms with Crippen LogP contribution in [0.5, 0.6) is 17.2 Å². The van der Waals surface area contributed by atoms with Gasteiger partial charge in [0.05, 0.1) is 26.8 Å². The fourth-order valence-electron chi connectivity index (χ4n) is 2.98. The first kappa shape index (κ1) is 16.7. The number of ether oxygens (including phenoxy) is 3. The highest BCUT2D eigenvalue weighted by molar-refractivity contribution is 6.04. The van der Waals surface area contributed by atoms with Crippen LogP contribution in [-0.4, -0.2) is 31.8 Å².